The number of nitrogen functional groups attached to an aromatic ring is 2. The second-order valence-corrected chi connectivity index (χ2v) is 5.79. The zero-order valence-corrected chi connectivity index (χ0v) is 15.8. The summed E-state index contributed by atoms with van der Waals surface area (Å²) in [5, 5.41) is 0. The van der Waals surface area contributed by atoms with Gasteiger partial charge in [0.1, 0.15) is 22.8 Å². The number of hydrogen-bond donors (Lipinski definition) is 6. The van der Waals surface area contributed by atoms with Crippen LogP contribution in [0.5, 0.6) is 0 Å². The van der Waals surface area contributed by atoms with Crippen LogP contribution in [0.2, 0.25) is 0 Å². The number of ether oxygens (including phenoxy) is 2. The largest absolute Gasteiger partial charge is 0.454 e. The fraction of sp³-hybridized carbons (Fsp3) is 0.125. The van der Waals surface area contributed by atoms with Crippen molar-refractivity contribution in [2.75, 3.05) is 24.7 Å². The van der Waals surface area contributed by atoms with Gasteiger partial charge in [-0.3, -0.25) is 39.1 Å². The van der Waals surface area contributed by atoms with Gasteiger partial charge >= 0.3 is 23.3 Å². The Balaban J connectivity index is 1.89. The molecule has 2 aromatic rings. The standard InChI is InChI=1S/C16H14N6O10/c17-11-9(13(27)21-15(29)19-11)5(23)3-31-7(25)1-2-8(26)32-4-6(24)10-12(18)20-16(30)22-14(10)28/h1-2H,3-4H2,(H4,17,19,21,27,29)(H4,18,20,22,28,30)/b2-1+. The molecule has 0 saturated heterocycles. The van der Waals surface area contributed by atoms with Gasteiger partial charge in [-0.1, -0.05) is 0 Å². The lowest BCUT2D eigenvalue weighted by molar-refractivity contribution is -0.139. The van der Waals surface area contributed by atoms with Crippen molar-refractivity contribution < 1.29 is 28.7 Å². The molecule has 0 aliphatic heterocycles. The van der Waals surface area contributed by atoms with Gasteiger partial charge in [-0.2, -0.15) is 0 Å². The second-order valence-electron chi connectivity index (χ2n) is 5.79. The van der Waals surface area contributed by atoms with Gasteiger partial charge in [0.2, 0.25) is 11.6 Å². The topological polar surface area (TPSA) is 270 Å². The minimum Gasteiger partial charge on any atom is -0.454 e. The number of carbonyl (C=O) groups excluding carboxylic acids is 4. The number of ketones is 2. The number of Topliss-reactive ketones (excluding diaryl/α,β-unsaturated/α-hetero) is 2. The number of anilines is 2. The first kappa shape index (κ1) is 23.3. The molecule has 16 nitrogen and oxygen atoms in total. The third-order valence-corrected chi connectivity index (χ3v) is 3.55. The summed E-state index contributed by atoms with van der Waals surface area (Å²) in [6, 6.07) is 0. The molecule has 2 heterocycles. The summed E-state index contributed by atoms with van der Waals surface area (Å²) in [6.45, 7) is -1.88. The number of aromatic amines is 4. The van der Waals surface area contributed by atoms with Gasteiger partial charge in [-0.25, -0.2) is 19.2 Å². The summed E-state index contributed by atoms with van der Waals surface area (Å²) in [5.41, 5.74) is 5.43. The van der Waals surface area contributed by atoms with E-state index in [9.17, 15) is 38.4 Å². The van der Waals surface area contributed by atoms with E-state index in [1.165, 1.54) is 0 Å². The zero-order chi connectivity index (χ0) is 24.0. The number of aromatic nitrogens is 4. The molecule has 2 aromatic heterocycles. The van der Waals surface area contributed by atoms with E-state index in [0.717, 1.165) is 0 Å². The highest BCUT2D eigenvalue weighted by Gasteiger charge is 2.19. The second kappa shape index (κ2) is 9.65. The number of nitrogens with one attached hydrogen (secondary N) is 4. The highest BCUT2D eigenvalue weighted by atomic mass is 16.5. The molecule has 32 heavy (non-hydrogen) atoms. The SMILES string of the molecule is Nc1[nH]c(=O)[nH]c(=O)c1C(=O)COC(=O)/C=C/C(=O)OCC(=O)c1c(N)[nH]c(=O)[nH]c1=O. The van der Waals surface area contributed by atoms with Crippen LogP contribution < -0.4 is 34.0 Å². The molecule has 2 rings (SSSR count). The van der Waals surface area contributed by atoms with E-state index in [1.54, 1.807) is 9.97 Å². The van der Waals surface area contributed by atoms with Crippen LogP contribution in [0.4, 0.5) is 11.6 Å². The van der Waals surface area contributed by atoms with Gasteiger partial charge in [0.25, 0.3) is 11.1 Å². The predicted octanol–water partition coefficient (Wildman–Crippen LogP) is -3.69. The van der Waals surface area contributed by atoms with E-state index in [-0.39, 0.29) is 0 Å². The molecule has 0 aromatic carbocycles. The van der Waals surface area contributed by atoms with Crippen molar-refractivity contribution in [2.45, 2.75) is 0 Å². The number of nitrogens with two attached hydrogens (primary N) is 2. The van der Waals surface area contributed by atoms with Gasteiger partial charge in [-0.15, -0.1) is 0 Å². The lowest BCUT2D eigenvalue weighted by Gasteiger charge is -2.04. The third-order valence-electron chi connectivity index (χ3n) is 3.55. The normalized spacial score (nSPS) is 10.6. The minimum absolute atomic E-state index is 0.523. The molecular formula is C16H14N6O10. The number of hydrogen-bond acceptors (Lipinski definition) is 12. The lowest BCUT2D eigenvalue weighted by atomic mass is 10.2. The summed E-state index contributed by atoms with van der Waals surface area (Å²) in [5.74, 6) is -5.49. The summed E-state index contributed by atoms with van der Waals surface area (Å²) in [4.78, 5) is 99.7. The Morgan fingerprint density at radius 3 is 1.31 bits per heavy atom. The molecule has 16 heteroatoms. The van der Waals surface area contributed by atoms with Crippen LogP contribution in [0.25, 0.3) is 0 Å². The van der Waals surface area contributed by atoms with E-state index in [1.807, 2.05) is 9.97 Å². The highest BCUT2D eigenvalue weighted by Crippen LogP contribution is 2.02. The molecule has 0 radical (unpaired) electrons. The van der Waals surface area contributed by atoms with Gasteiger partial charge in [-0.05, 0) is 0 Å². The molecule has 0 amide bonds. The maximum Gasteiger partial charge on any atom is 0.331 e. The Kier molecular flexibility index (Phi) is 7.02. The zero-order valence-electron chi connectivity index (χ0n) is 15.8. The van der Waals surface area contributed by atoms with Gasteiger partial charge in [0, 0.05) is 12.2 Å². The summed E-state index contributed by atoms with van der Waals surface area (Å²) in [7, 11) is 0. The summed E-state index contributed by atoms with van der Waals surface area (Å²) < 4.78 is 9.08. The number of rotatable bonds is 8. The van der Waals surface area contributed by atoms with Crippen LogP contribution in [0.1, 0.15) is 20.7 Å². The molecule has 0 bridgehead atoms. The Morgan fingerprint density at radius 1 is 0.656 bits per heavy atom. The van der Waals surface area contributed by atoms with Crippen molar-refractivity contribution >= 4 is 35.1 Å². The number of H-pyrrole nitrogens is 4. The highest BCUT2D eigenvalue weighted by molar-refractivity contribution is 6.03. The predicted molar refractivity (Wildman–Crippen MR) is 104 cm³/mol. The molecule has 168 valence electrons. The van der Waals surface area contributed by atoms with Crippen LogP contribution >= 0.6 is 0 Å². The monoisotopic (exact) mass is 450 g/mol. The van der Waals surface area contributed by atoms with E-state index < -0.39 is 82.0 Å². The first-order valence-corrected chi connectivity index (χ1v) is 8.31. The minimum atomic E-state index is -1.19. The Labute approximate surface area is 174 Å². The third kappa shape index (κ3) is 5.75. The van der Waals surface area contributed by atoms with E-state index in [0.29, 0.717) is 12.2 Å². The van der Waals surface area contributed by atoms with Crippen LogP contribution in [0.15, 0.2) is 31.3 Å². The molecule has 0 saturated carbocycles. The molecule has 8 N–H and O–H groups in total. The molecule has 0 aliphatic rings. The van der Waals surface area contributed by atoms with Crippen LogP contribution in [0, 0.1) is 0 Å². The molecule has 0 fully saturated rings. The maximum atomic E-state index is 11.9. The average molecular weight is 450 g/mol. The number of carbonyl (C=O) groups is 4. The quantitative estimate of drug-likeness (QED) is 0.129. The van der Waals surface area contributed by atoms with Crippen LogP contribution in [-0.2, 0) is 19.1 Å². The summed E-state index contributed by atoms with van der Waals surface area (Å²) >= 11 is 0. The van der Waals surface area contributed by atoms with Crippen LogP contribution in [-0.4, -0.2) is 56.7 Å². The smallest absolute Gasteiger partial charge is 0.331 e. The molecule has 0 spiro atoms. The van der Waals surface area contributed by atoms with Crippen molar-refractivity contribution in [3.8, 4) is 0 Å². The number of esters is 2. The average Bonchev–Trinajstić information content (AvgIpc) is 2.67. The van der Waals surface area contributed by atoms with Gasteiger partial charge in [0.15, 0.2) is 13.2 Å². The maximum absolute atomic E-state index is 11.9. The first-order valence-electron chi connectivity index (χ1n) is 8.31. The van der Waals surface area contributed by atoms with Crippen LogP contribution in [0.3, 0.4) is 0 Å². The molecule has 0 aliphatic carbocycles. The first-order chi connectivity index (χ1) is 15.0. The van der Waals surface area contributed by atoms with Gasteiger partial charge < -0.3 is 20.9 Å². The lowest BCUT2D eigenvalue weighted by Crippen LogP contribution is -2.31. The fourth-order valence-electron chi connectivity index (χ4n) is 2.21. The molecular weight excluding hydrogens is 436 g/mol. The van der Waals surface area contributed by atoms with E-state index in [4.69, 9.17) is 11.5 Å². The van der Waals surface area contributed by atoms with Crippen molar-refractivity contribution in [1.29, 1.82) is 0 Å². The van der Waals surface area contributed by atoms with Gasteiger partial charge in [0.05, 0.1) is 0 Å². The summed E-state index contributed by atoms with van der Waals surface area (Å²) in [6.07, 6.45) is 1.11. The Hall–Kier alpha value is -5.02. The van der Waals surface area contributed by atoms with Crippen molar-refractivity contribution in [1.82, 2.24) is 19.9 Å². The fourth-order valence-corrected chi connectivity index (χ4v) is 2.21. The molecule has 0 unspecified atom stereocenters. The van der Waals surface area contributed by atoms with E-state index in [2.05, 4.69) is 9.47 Å². The van der Waals surface area contributed by atoms with Crippen molar-refractivity contribution in [3.05, 3.63) is 65.0 Å². The van der Waals surface area contributed by atoms with Crippen molar-refractivity contribution in [2.24, 2.45) is 0 Å². The Bertz CT molecular complexity index is 1260. The Morgan fingerprint density at radius 2 is 1.00 bits per heavy atom. The van der Waals surface area contributed by atoms with E-state index >= 15 is 0 Å². The van der Waals surface area contributed by atoms with Crippen molar-refractivity contribution in [3.63, 3.8) is 0 Å². The molecule has 0 atom stereocenters.